The molecule has 0 bridgehead atoms. The molecule has 3 rings (SSSR count). The van der Waals surface area contributed by atoms with Crippen molar-refractivity contribution in [1.29, 1.82) is 0 Å². The van der Waals surface area contributed by atoms with Crippen molar-refractivity contribution < 1.29 is 19.8 Å². The number of carboxylic acids is 2. The molecule has 3 aromatic rings. The molecule has 4 nitrogen and oxygen atoms in total. The highest BCUT2D eigenvalue weighted by Gasteiger charge is 2.29. The van der Waals surface area contributed by atoms with Crippen molar-refractivity contribution in [1.82, 2.24) is 0 Å². The fourth-order valence-corrected chi connectivity index (χ4v) is 7.47. The minimum atomic E-state index is -2.49. The number of hydrogen-bond donors (Lipinski definition) is 2. The van der Waals surface area contributed by atoms with Gasteiger partial charge in [0, 0.05) is 0 Å². The van der Waals surface area contributed by atoms with Crippen molar-refractivity contribution in [2.75, 3.05) is 0 Å². The van der Waals surface area contributed by atoms with Crippen molar-refractivity contribution in [2.45, 2.75) is 6.42 Å². The number of carbonyl (C=O) groups is 2. The van der Waals surface area contributed by atoms with Crippen molar-refractivity contribution in [3.8, 4) is 0 Å². The highest BCUT2D eigenvalue weighted by Crippen LogP contribution is 2.44. The minimum absolute atomic E-state index is 0.455. The molecular formula is C23H21O4P. The van der Waals surface area contributed by atoms with Crippen LogP contribution >= 0.6 is 6.89 Å². The largest absolute Gasteiger partial charge is 0.481 e. The molecule has 28 heavy (non-hydrogen) atoms. The van der Waals surface area contributed by atoms with Gasteiger partial charge in [-0.3, -0.25) is 9.59 Å². The molecule has 0 radical (unpaired) electrons. The summed E-state index contributed by atoms with van der Waals surface area (Å²) in [6.45, 7) is -2.49. The summed E-state index contributed by atoms with van der Waals surface area (Å²) in [7, 11) is 0. The van der Waals surface area contributed by atoms with E-state index in [1.165, 1.54) is 0 Å². The lowest BCUT2D eigenvalue weighted by Crippen LogP contribution is -2.30. The predicted molar refractivity (Wildman–Crippen MR) is 115 cm³/mol. The standard InChI is InChI=1S/C23H21O4P/c24-22(25)16-18(23(26)27)17-28(19-10-4-1-5-11-19,20-12-6-2-7-13-20)21-14-8-3-9-15-21/h1-15,17-18H,16H2,(H,24,25)(H,26,27). The zero-order valence-corrected chi connectivity index (χ0v) is 16.1. The topological polar surface area (TPSA) is 74.6 Å². The molecule has 0 spiro atoms. The summed E-state index contributed by atoms with van der Waals surface area (Å²) >= 11 is 0. The fraction of sp³-hybridized carbons (Fsp3) is 0.0870. The summed E-state index contributed by atoms with van der Waals surface area (Å²) in [5.41, 5.74) is 0. The molecule has 0 saturated carbocycles. The molecule has 0 fully saturated rings. The molecule has 1 atom stereocenters. The van der Waals surface area contributed by atoms with E-state index in [0.29, 0.717) is 0 Å². The zero-order chi connectivity index (χ0) is 20.0. The Morgan fingerprint density at radius 1 is 0.714 bits per heavy atom. The summed E-state index contributed by atoms with van der Waals surface area (Å²) in [4.78, 5) is 23.3. The Morgan fingerprint density at radius 2 is 1.07 bits per heavy atom. The number of aliphatic carboxylic acids is 2. The van der Waals surface area contributed by atoms with E-state index in [-0.39, 0.29) is 0 Å². The lowest BCUT2D eigenvalue weighted by molar-refractivity contribution is -0.145. The molecule has 142 valence electrons. The summed E-state index contributed by atoms with van der Waals surface area (Å²) < 4.78 is 0. The van der Waals surface area contributed by atoms with Gasteiger partial charge in [-0.15, -0.1) is 0 Å². The van der Waals surface area contributed by atoms with Gasteiger partial charge >= 0.3 is 11.9 Å². The van der Waals surface area contributed by atoms with Gasteiger partial charge in [-0.2, -0.15) is 0 Å². The quantitative estimate of drug-likeness (QED) is 0.607. The van der Waals surface area contributed by atoms with Crippen LogP contribution < -0.4 is 15.9 Å². The number of benzene rings is 3. The van der Waals surface area contributed by atoms with Gasteiger partial charge in [0.15, 0.2) is 0 Å². The van der Waals surface area contributed by atoms with Gasteiger partial charge in [0.2, 0.25) is 0 Å². The zero-order valence-electron chi connectivity index (χ0n) is 15.2. The first-order valence-corrected chi connectivity index (χ1v) is 10.8. The summed E-state index contributed by atoms with van der Waals surface area (Å²) in [5.74, 6) is -1.60. The first-order valence-electron chi connectivity index (χ1n) is 8.90. The molecule has 0 saturated heterocycles. The van der Waals surface area contributed by atoms with E-state index in [1.807, 2.05) is 91.0 Å². The Kier molecular flexibility index (Phi) is 6.13. The fourth-order valence-electron chi connectivity index (χ4n) is 3.36. The van der Waals surface area contributed by atoms with E-state index >= 15 is 0 Å². The van der Waals surface area contributed by atoms with E-state index in [9.17, 15) is 19.8 Å². The second-order valence-electron chi connectivity index (χ2n) is 6.42. The third-order valence-corrected chi connectivity index (χ3v) is 8.75. The molecule has 0 aliphatic heterocycles. The van der Waals surface area contributed by atoms with Gasteiger partial charge in [0.25, 0.3) is 0 Å². The van der Waals surface area contributed by atoms with Gasteiger partial charge in [0.1, 0.15) is 0 Å². The normalized spacial score (nSPS) is 12.1. The Hall–Kier alpha value is -3.10. The number of rotatable bonds is 7. The van der Waals surface area contributed by atoms with Crippen LogP contribution in [0.1, 0.15) is 6.42 Å². The van der Waals surface area contributed by atoms with Crippen LogP contribution in [0.25, 0.3) is 0 Å². The Balaban J connectivity index is 2.42. The molecule has 1 unspecified atom stereocenters. The molecule has 0 aromatic heterocycles. The Bertz CT molecular complexity index is 895. The molecular weight excluding hydrogens is 371 g/mol. The highest BCUT2D eigenvalue weighted by molar-refractivity contribution is 7.94. The van der Waals surface area contributed by atoms with Crippen molar-refractivity contribution in [3.63, 3.8) is 0 Å². The van der Waals surface area contributed by atoms with Crippen LogP contribution in [0.15, 0.2) is 91.0 Å². The molecule has 0 amide bonds. The third kappa shape index (κ3) is 4.08. The van der Waals surface area contributed by atoms with Gasteiger partial charge in [-0.25, -0.2) is 0 Å². The molecule has 5 heteroatoms. The van der Waals surface area contributed by atoms with E-state index in [1.54, 1.807) is 5.80 Å². The number of hydrogen-bond acceptors (Lipinski definition) is 2. The van der Waals surface area contributed by atoms with Gasteiger partial charge in [-0.05, 0) is 22.8 Å². The summed E-state index contributed by atoms with van der Waals surface area (Å²) in [6.07, 6.45) is -0.455. The van der Waals surface area contributed by atoms with Crippen LogP contribution in [0.5, 0.6) is 0 Å². The average molecular weight is 392 g/mol. The number of carboxylic acid groups (broad SMARTS) is 2. The first kappa shape index (κ1) is 19.7. The average Bonchev–Trinajstić information content (AvgIpc) is 2.72. The summed E-state index contributed by atoms with van der Waals surface area (Å²) in [5, 5.41) is 22.0. The van der Waals surface area contributed by atoms with Gasteiger partial charge < -0.3 is 10.2 Å². The molecule has 0 aliphatic rings. The van der Waals surface area contributed by atoms with Crippen molar-refractivity contribution in [3.05, 3.63) is 91.0 Å². The second-order valence-corrected chi connectivity index (χ2v) is 9.71. The monoisotopic (exact) mass is 392 g/mol. The maximum Gasteiger partial charge on any atom is 0.311 e. The molecule has 0 heterocycles. The van der Waals surface area contributed by atoms with Crippen LogP contribution in [-0.4, -0.2) is 27.9 Å². The highest BCUT2D eigenvalue weighted by atomic mass is 31.2. The Labute approximate surface area is 164 Å². The van der Waals surface area contributed by atoms with Gasteiger partial charge in [0.05, 0.1) is 12.3 Å². The lowest BCUT2D eigenvalue weighted by atomic mass is 10.1. The van der Waals surface area contributed by atoms with Gasteiger partial charge in [-0.1, -0.05) is 96.8 Å². The second kappa shape index (κ2) is 8.73. The van der Waals surface area contributed by atoms with E-state index in [0.717, 1.165) is 15.9 Å². The maximum atomic E-state index is 11.9. The SMILES string of the molecule is O=C(O)CC(C=P(c1ccccc1)(c1ccccc1)c1ccccc1)C(=O)O. The van der Waals surface area contributed by atoms with E-state index in [2.05, 4.69) is 0 Å². The van der Waals surface area contributed by atoms with E-state index in [4.69, 9.17) is 0 Å². The van der Waals surface area contributed by atoms with Crippen LogP contribution in [-0.2, 0) is 9.59 Å². The lowest BCUT2D eigenvalue weighted by Gasteiger charge is -2.30. The smallest absolute Gasteiger partial charge is 0.311 e. The third-order valence-electron chi connectivity index (χ3n) is 4.61. The minimum Gasteiger partial charge on any atom is -0.481 e. The Morgan fingerprint density at radius 3 is 1.36 bits per heavy atom. The van der Waals surface area contributed by atoms with Crippen LogP contribution in [0, 0.1) is 5.92 Å². The van der Waals surface area contributed by atoms with Crippen molar-refractivity contribution in [2.24, 2.45) is 5.92 Å². The molecule has 3 aromatic carbocycles. The first-order chi connectivity index (χ1) is 13.5. The summed E-state index contributed by atoms with van der Waals surface area (Å²) in [6, 6.07) is 29.3. The van der Waals surface area contributed by atoms with Crippen LogP contribution in [0.3, 0.4) is 0 Å². The predicted octanol–water partition coefficient (Wildman–Crippen LogP) is 2.96. The molecule has 0 aliphatic carbocycles. The van der Waals surface area contributed by atoms with E-state index < -0.39 is 31.2 Å². The van der Waals surface area contributed by atoms with Crippen LogP contribution in [0.2, 0.25) is 0 Å². The van der Waals surface area contributed by atoms with Crippen LogP contribution in [0.4, 0.5) is 0 Å². The maximum absolute atomic E-state index is 11.9. The van der Waals surface area contributed by atoms with Crippen molar-refractivity contribution >= 4 is 40.5 Å². The molecule has 2 N–H and O–H groups in total.